The summed E-state index contributed by atoms with van der Waals surface area (Å²) in [7, 11) is 0. The van der Waals surface area contributed by atoms with Crippen molar-refractivity contribution in [2.75, 3.05) is 0 Å². The minimum Gasteiger partial charge on any atom is -0.481 e. The molecule has 2 rings (SSSR count). The number of aliphatic carboxylic acids is 1. The monoisotopic (exact) mass is 390 g/mol. The van der Waals surface area contributed by atoms with Crippen LogP contribution in [-0.2, 0) is 11.2 Å². The number of benzene rings is 1. The minimum atomic E-state index is -0.784. The zero-order chi connectivity index (χ0) is 20.4. The minimum absolute atomic E-state index is 0.00736. The zero-order valence-corrected chi connectivity index (χ0v) is 16.5. The number of aryl methyl sites for hydroxylation is 1. The Hall–Kier alpha value is -1.69. The van der Waals surface area contributed by atoms with Crippen LogP contribution in [0.3, 0.4) is 0 Å². The molecule has 0 amide bonds. The van der Waals surface area contributed by atoms with Crippen molar-refractivity contribution in [3.05, 3.63) is 48.0 Å². The van der Waals surface area contributed by atoms with E-state index >= 15 is 0 Å². The molecule has 0 heterocycles. The summed E-state index contributed by atoms with van der Waals surface area (Å²) in [6.45, 7) is 0. The maximum atomic E-state index is 10.5. The maximum Gasteiger partial charge on any atom is 0.303 e. The van der Waals surface area contributed by atoms with Gasteiger partial charge < -0.3 is 20.4 Å². The van der Waals surface area contributed by atoms with Gasteiger partial charge in [0.05, 0.1) is 18.3 Å². The van der Waals surface area contributed by atoms with Gasteiger partial charge in [-0.1, -0.05) is 42.5 Å². The van der Waals surface area contributed by atoms with Crippen LogP contribution in [-0.4, -0.2) is 44.7 Å². The molecule has 5 nitrogen and oxygen atoms in total. The van der Waals surface area contributed by atoms with E-state index in [0.29, 0.717) is 44.9 Å². The second-order valence-corrected chi connectivity index (χ2v) is 7.95. The molecule has 1 fully saturated rings. The Morgan fingerprint density at radius 3 is 2.50 bits per heavy atom. The first-order valence-corrected chi connectivity index (χ1v) is 10.4. The highest BCUT2D eigenvalue weighted by Crippen LogP contribution is 2.38. The average molecular weight is 391 g/mol. The molecule has 1 aromatic carbocycles. The van der Waals surface area contributed by atoms with Gasteiger partial charge in [-0.3, -0.25) is 4.79 Å². The summed E-state index contributed by atoms with van der Waals surface area (Å²) in [5, 5.41) is 39.6. The molecule has 0 radical (unpaired) electrons. The Kier molecular flexibility index (Phi) is 9.68. The van der Waals surface area contributed by atoms with Crippen LogP contribution in [0, 0.1) is 11.8 Å². The topological polar surface area (TPSA) is 98.0 Å². The van der Waals surface area contributed by atoms with E-state index in [9.17, 15) is 20.1 Å². The number of aliphatic hydroxyl groups excluding tert-OH is 3. The number of carboxylic acids is 1. The van der Waals surface area contributed by atoms with Gasteiger partial charge in [0.1, 0.15) is 0 Å². The van der Waals surface area contributed by atoms with Crippen molar-refractivity contribution in [1.29, 1.82) is 0 Å². The van der Waals surface area contributed by atoms with E-state index in [2.05, 4.69) is 12.1 Å². The highest BCUT2D eigenvalue weighted by atomic mass is 16.4. The number of carboxylic acid groups (broad SMARTS) is 1. The lowest BCUT2D eigenvalue weighted by Crippen LogP contribution is -2.23. The molecule has 0 aliphatic heterocycles. The molecular formula is C23H34O5. The molecule has 5 atom stereocenters. The van der Waals surface area contributed by atoms with Gasteiger partial charge in [-0.05, 0) is 68.8 Å². The van der Waals surface area contributed by atoms with Crippen LogP contribution in [0.25, 0.3) is 0 Å². The van der Waals surface area contributed by atoms with E-state index in [1.807, 2.05) is 30.4 Å². The molecule has 1 aliphatic rings. The number of unbranched alkanes of at least 4 members (excludes halogenated alkanes) is 1. The fourth-order valence-electron chi connectivity index (χ4n) is 4.16. The van der Waals surface area contributed by atoms with Crippen LogP contribution in [0.2, 0.25) is 0 Å². The van der Waals surface area contributed by atoms with Gasteiger partial charge >= 0.3 is 5.97 Å². The Balaban J connectivity index is 1.74. The first-order chi connectivity index (χ1) is 13.5. The average Bonchev–Trinajstić information content (AvgIpc) is 2.94. The zero-order valence-electron chi connectivity index (χ0n) is 16.5. The number of hydrogen-bond donors (Lipinski definition) is 4. The van der Waals surface area contributed by atoms with Crippen LogP contribution in [0.5, 0.6) is 0 Å². The van der Waals surface area contributed by atoms with Crippen molar-refractivity contribution in [3.63, 3.8) is 0 Å². The van der Waals surface area contributed by atoms with E-state index in [0.717, 1.165) is 6.42 Å². The standard InChI is InChI=1S/C23H34O5/c24-18(13-12-17-8-4-3-5-9-17)14-15-20-19(21(25)16-22(20)26)10-6-1-2-7-11-23(27)28/h1,3-6,8-9,18-22,24-26H,2,7,10-16H2,(H,27,28)/b6-1-/t18-,19+,20?,21-,22+/m0/s1. The molecule has 1 aromatic rings. The second kappa shape index (κ2) is 12.0. The lowest BCUT2D eigenvalue weighted by molar-refractivity contribution is -0.137. The highest BCUT2D eigenvalue weighted by molar-refractivity contribution is 5.66. The summed E-state index contributed by atoms with van der Waals surface area (Å²) in [5.74, 6) is -0.800. The summed E-state index contributed by atoms with van der Waals surface area (Å²) >= 11 is 0. The normalized spacial score (nSPS) is 26.0. The molecular weight excluding hydrogens is 356 g/mol. The van der Waals surface area contributed by atoms with Crippen molar-refractivity contribution in [2.24, 2.45) is 11.8 Å². The SMILES string of the molecule is O=C(O)CCC/C=C\C[C@@H]1C(CC[C@@H](O)CCc2ccccc2)[C@H](O)C[C@@H]1O. The maximum absolute atomic E-state index is 10.5. The lowest BCUT2D eigenvalue weighted by atomic mass is 9.85. The first kappa shape index (κ1) is 22.6. The number of hydrogen-bond acceptors (Lipinski definition) is 4. The van der Waals surface area contributed by atoms with Crippen LogP contribution in [0.1, 0.15) is 56.9 Å². The van der Waals surface area contributed by atoms with Crippen LogP contribution < -0.4 is 0 Å². The van der Waals surface area contributed by atoms with Gasteiger partial charge in [0.2, 0.25) is 0 Å². The fourth-order valence-corrected chi connectivity index (χ4v) is 4.16. The molecule has 0 bridgehead atoms. The third kappa shape index (κ3) is 7.74. The van der Waals surface area contributed by atoms with Crippen molar-refractivity contribution in [2.45, 2.75) is 76.1 Å². The predicted molar refractivity (Wildman–Crippen MR) is 109 cm³/mol. The molecule has 0 aromatic heterocycles. The summed E-state index contributed by atoms with van der Waals surface area (Å²) in [4.78, 5) is 10.5. The smallest absolute Gasteiger partial charge is 0.303 e. The van der Waals surface area contributed by atoms with Gasteiger partial charge in [0.25, 0.3) is 0 Å². The molecule has 0 spiro atoms. The molecule has 1 aliphatic carbocycles. The second-order valence-electron chi connectivity index (χ2n) is 7.95. The van der Waals surface area contributed by atoms with Crippen molar-refractivity contribution >= 4 is 5.97 Å². The van der Waals surface area contributed by atoms with Crippen molar-refractivity contribution in [1.82, 2.24) is 0 Å². The van der Waals surface area contributed by atoms with Crippen molar-refractivity contribution in [3.8, 4) is 0 Å². The largest absolute Gasteiger partial charge is 0.481 e. The van der Waals surface area contributed by atoms with Crippen molar-refractivity contribution < 1.29 is 25.2 Å². The van der Waals surface area contributed by atoms with Gasteiger partial charge in [0.15, 0.2) is 0 Å². The number of allylic oxidation sites excluding steroid dienone is 2. The molecule has 1 unspecified atom stereocenters. The van der Waals surface area contributed by atoms with Gasteiger partial charge in [0, 0.05) is 6.42 Å². The van der Waals surface area contributed by atoms with E-state index in [1.165, 1.54) is 5.56 Å². The van der Waals surface area contributed by atoms with Gasteiger partial charge in [-0.25, -0.2) is 0 Å². The number of carbonyl (C=O) groups is 1. The van der Waals surface area contributed by atoms with Crippen LogP contribution in [0.4, 0.5) is 0 Å². The van der Waals surface area contributed by atoms with Gasteiger partial charge in [-0.2, -0.15) is 0 Å². The third-order valence-corrected chi connectivity index (χ3v) is 5.80. The Bertz CT molecular complexity index is 600. The predicted octanol–water partition coefficient (Wildman–Crippen LogP) is 3.32. The number of aliphatic hydroxyl groups is 3. The Labute approximate surface area is 167 Å². The molecule has 28 heavy (non-hydrogen) atoms. The highest BCUT2D eigenvalue weighted by Gasteiger charge is 2.40. The summed E-state index contributed by atoms with van der Waals surface area (Å²) in [6, 6.07) is 10.1. The molecule has 5 heteroatoms. The van der Waals surface area contributed by atoms with Gasteiger partial charge in [-0.15, -0.1) is 0 Å². The molecule has 1 saturated carbocycles. The fraction of sp³-hybridized carbons (Fsp3) is 0.609. The summed E-state index contributed by atoms with van der Waals surface area (Å²) in [5.41, 5.74) is 1.21. The lowest BCUT2D eigenvalue weighted by Gasteiger charge is -2.23. The summed E-state index contributed by atoms with van der Waals surface area (Å²) in [6.07, 6.45) is 7.91. The third-order valence-electron chi connectivity index (χ3n) is 5.80. The van der Waals surface area contributed by atoms with E-state index in [-0.39, 0.29) is 18.3 Å². The first-order valence-electron chi connectivity index (χ1n) is 10.4. The number of rotatable bonds is 12. The van der Waals surface area contributed by atoms with Crippen LogP contribution >= 0.6 is 0 Å². The quantitative estimate of drug-likeness (QED) is 0.324. The Morgan fingerprint density at radius 1 is 1.07 bits per heavy atom. The van der Waals surface area contributed by atoms with Crippen LogP contribution in [0.15, 0.2) is 42.5 Å². The summed E-state index contributed by atoms with van der Waals surface area (Å²) < 4.78 is 0. The molecule has 0 saturated heterocycles. The Morgan fingerprint density at radius 2 is 1.79 bits per heavy atom. The van der Waals surface area contributed by atoms with E-state index < -0.39 is 24.3 Å². The van der Waals surface area contributed by atoms with E-state index in [1.54, 1.807) is 0 Å². The molecule has 4 N–H and O–H groups in total. The van der Waals surface area contributed by atoms with E-state index in [4.69, 9.17) is 5.11 Å². The molecule has 156 valence electrons.